The maximum Gasteiger partial charge on any atom is 0.220 e. The average Bonchev–Trinajstić information content (AvgIpc) is 3.22. The molecular formula is C22H20N3+. The zero-order valence-electron chi connectivity index (χ0n) is 17.2. The van der Waals surface area contributed by atoms with Crippen molar-refractivity contribution >= 4 is 28.0 Å². The number of benzene rings is 2. The molecule has 0 atom stereocenters. The number of rotatable bonds is 1. The summed E-state index contributed by atoms with van der Waals surface area (Å²) in [7, 11) is 2.00. The van der Waals surface area contributed by atoms with Crippen LogP contribution in [0.2, 0.25) is 0 Å². The van der Waals surface area contributed by atoms with Gasteiger partial charge in [-0.15, -0.1) is 0 Å². The second-order valence-electron chi connectivity index (χ2n) is 6.64. The molecule has 0 spiro atoms. The third-order valence-electron chi connectivity index (χ3n) is 5.17. The molecule has 122 valence electrons. The molecule has 2 aromatic heterocycles. The van der Waals surface area contributed by atoms with E-state index in [1.807, 2.05) is 49.1 Å². The minimum Gasteiger partial charge on any atom is -0.303 e. The topological polar surface area (TPSA) is 21.7 Å². The summed E-state index contributed by atoms with van der Waals surface area (Å²) in [5, 5.41) is 2.23. The lowest BCUT2D eigenvalue weighted by molar-refractivity contribution is -0.659. The Morgan fingerprint density at radius 3 is 2.96 bits per heavy atom. The molecule has 0 saturated heterocycles. The van der Waals surface area contributed by atoms with Crippen molar-refractivity contribution in [1.82, 2.24) is 9.55 Å². The van der Waals surface area contributed by atoms with Gasteiger partial charge in [-0.1, -0.05) is 24.3 Å². The van der Waals surface area contributed by atoms with E-state index in [1.165, 1.54) is 0 Å². The van der Waals surface area contributed by atoms with Crippen molar-refractivity contribution in [2.24, 2.45) is 7.05 Å². The molecule has 1 aliphatic rings. The molecule has 0 bridgehead atoms. The highest BCUT2D eigenvalue weighted by molar-refractivity contribution is 5.97. The van der Waals surface area contributed by atoms with Crippen LogP contribution in [0.5, 0.6) is 0 Å². The Labute approximate surface area is 151 Å². The van der Waals surface area contributed by atoms with Gasteiger partial charge >= 0.3 is 0 Å². The van der Waals surface area contributed by atoms with Gasteiger partial charge in [0.25, 0.3) is 0 Å². The molecule has 0 N–H and O–H groups in total. The average molecular weight is 329 g/mol. The molecule has 0 radical (unpaired) electrons. The third kappa shape index (κ3) is 1.92. The Hall–Kier alpha value is -2.94. The van der Waals surface area contributed by atoms with E-state index >= 15 is 0 Å². The predicted octanol–water partition coefficient (Wildman–Crippen LogP) is 4.32. The standard InChI is InChI=1S/C22H20N3/c1-14-15(2)21-19(25-11-6-9-20(25)23-21)13-18(14)22-17-8-5-4-7-16(17)10-12-24(22)3/h4-8,10-13H,9H2,1-3H3/q+1/i2D3. The summed E-state index contributed by atoms with van der Waals surface area (Å²) in [5.74, 6) is 0.888. The van der Waals surface area contributed by atoms with E-state index in [4.69, 9.17) is 4.11 Å². The van der Waals surface area contributed by atoms with Crippen LogP contribution in [0.25, 0.3) is 39.3 Å². The molecule has 3 heterocycles. The van der Waals surface area contributed by atoms with Crippen LogP contribution in [0.4, 0.5) is 0 Å². The van der Waals surface area contributed by atoms with Crippen LogP contribution >= 0.6 is 0 Å². The second kappa shape index (κ2) is 5.03. The van der Waals surface area contributed by atoms with Crippen molar-refractivity contribution in [1.29, 1.82) is 0 Å². The Bertz CT molecular complexity index is 1300. The number of aryl methyl sites for hydroxylation is 2. The number of hydrogen-bond acceptors (Lipinski definition) is 1. The summed E-state index contributed by atoms with van der Waals surface area (Å²) in [6.45, 7) is -0.334. The van der Waals surface area contributed by atoms with Gasteiger partial charge in [-0.05, 0) is 42.4 Å². The fourth-order valence-electron chi connectivity index (χ4n) is 3.84. The van der Waals surface area contributed by atoms with Crippen LogP contribution in [0.1, 0.15) is 21.1 Å². The Morgan fingerprint density at radius 2 is 2.08 bits per heavy atom. The highest BCUT2D eigenvalue weighted by Crippen LogP contribution is 2.34. The van der Waals surface area contributed by atoms with Crippen molar-refractivity contribution in [3.05, 3.63) is 65.6 Å². The van der Waals surface area contributed by atoms with Crippen LogP contribution < -0.4 is 4.57 Å². The molecule has 3 heteroatoms. The maximum atomic E-state index is 8.19. The van der Waals surface area contributed by atoms with E-state index in [-0.39, 0.29) is 0 Å². The number of imidazole rings is 1. The van der Waals surface area contributed by atoms with Crippen molar-refractivity contribution in [3.63, 3.8) is 0 Å². The van der Waals surface area contributed by atoms with Gasteiger partial charge < -0.3 is 4.57 Å². The van der Waals surface area contributed by atoms with Crippen LogP contribution in [0.3, 0.4) is 0 Å². The van der Waals surface area contributed by atoms with E-state index < -0.39 is 6.85 Å². The van der Waals surface area contributed by atoms with Gasteiger partial charge in [0.1, 0.15) is 12.9 Å². The molecule has 1 aliphatic heterocycles. The molecule has 0 fully saturated rings. The summed E-state index contributed by atoms with van der Waals surface area (Å²) in [4.78, 5) is 4.67. The molecule has 3 nitrogen and oxygen atoms in total. The van der Waals surface area contributed by atoms with Gasteiger partial charge in [0.05, 0.1) is 22.0 Å². The SMILES string of the molecule is [2H]C([2H])([2H])c1c(C)c(-c2c3ccccc3cc[n+]2C)cc2c1nc1n2C=CC1. The van der Waals surface area contributed by atoms with Crippen molar-refractivity contribution in [2.45, 2.75) is 20.2 Å². The minimum atomic E-state index is -2.24. The first-order chi connectivity index (χ1) is 13.4. The van der Waals surface area contributed by atoms with Gasteiger partial charge in [0.15, 0.2) is 6.20 Å². The zero-order chi connectivity index (χ0) is 19.6. The summed E-state index contributed by atoms with van der Waals surface area (Å²) < 4.78 is 28.6. The molecule has 0 amide bonds. The normalized spacial score (nSPS) is 15.4. The van der Waals surface area contributed by atoms with E-state index in [2.05, 4.69) is 33.8 Å². The van der Waals surface area contributed by atoms with Gasteiger partial charge in [-0.25, -0.2) is 9.55 Å². The molecule has 5 rings (SSSR count). The first kappa shape index (κ1) is 11.6. The molecule has 0 aliphatic carbocycles. The Morgan fingerprint density at radius 1 is 1.20 bits per heavy atom. The van der Waals surface area contributed by atoms with Crippen LogP contribution in [-0.4, -0.2) is 9.55 Å². The summed E-state index contributed by atoms with van der Waals surface area (Å²) in [6.07, 6.45) is 6.78. The smallest absolute Gasteiger partial charge is 0.220 e. The quantitative estimate of drug-likeness (QED) is 0.477. The number of aromatic nitrogens is 3. The lowest BCUT2D eigenvalue weighted by Crippen LogP contribution is -2.30. The van der Waals surface area contributed by atoms with Crippen molar-refractivity contribution in [2.75, 3.05) is 0 Å². The lowest BCUT2D eigenvalue weighted by atomic mass is 9.95. The first-order valence-corrected chi connectivity index (χ1v) is 8.45. The fourth-order valence-corrected chi connectivity index (χ4v) is 3.84. The van der Waals surface area contributed by atoms with E-state index in [0.29, 0.717) is 11.1 Å². The largest absolute Gasteiger partial charge is 0.303 e. The molecule has 2 aromatic carbocycles. The Kier molecular flexibility index (Phi) is 2.33. The maximum absolute atomic E-state index is 8.19. The van der Waals surface area contributed by atoms with Crippen LogP contribution in [-0.2, 0) is 13.5 Å². The predicted molar refractivity (Wildman–Crippen MR) is 102 cm³/mol. The summed E-state index contributed by atoms with van der Waals surface area (Å²) >= 11 is 0. The van der Waals surface area contributed by atoms with Gasteiger partial charge in [-0.2, -0.15) is 0 Å². The summed E-state index contributed by atoms with van der Waals surface area (Å²) in [6, 6.07) is 12.4. The number of fused-ring (bicyclic) bond motifs is 4. The number of pyridine rings is 1. The highest BCUT2D eigenvalue weighted by atomic mass is 15.1. The molecule has 25 heavy (non-hydrogen) atoms. The number of allylic oxidation sites excluding steroid dienone is 1. The third-order valence-corrected chi connectivity index (χ3v) is 5.17. The molecule has 4 aromatic rings. The van der Waals surface area contributed by atoms with E-state index in [1.54, 1.807) is 0 Å². The van der Waals surface area contributed by atoms with Crippen LogP contribution in [0.15, 0.2) is 48.7 Å². The monoisotopic (exact) mass is 329 g/mol. The lowest BCUT2D eigenvalue weighted by Gasteiger charge is -2.11. The zero-order valence-corrected chi connectivity index (χ0v) is 14.2. The first-order valence-electron chi connectivity index (χ1n) is 9.95. The minimum absolute atomic E-state index is 0.350. The van der Waals surface area contributed by atoms with Crippen molar-refractivity contribution in [3.8, 4) is 11.3 Å². The van der Waals surface area contributed by atoms with Crippen LogP contribution in [0, 0.1) is 13.8 Å². The second-order valence-corrected chi connectivity index (χ2v) is 6.64. The van der Waals surface area contributed by atoms with Gasteiger partial charge in [0.2, 0.25) is 5.69 Å². The molecular weight excluding hydrogens is 306 g/mol. The fraction of sp³-hybridized carbons (Fsp3) is 0.182. The molecule has 0 unspecified atom stereocenters. The highest BCUT2D eigenvalue weighted by Gasteiger charge is 2.22. The van der Waals surface area contributed by atoms with Crippen molar-refractivity contribution < 1.29 is 8.68 Å². The van der Waals surface area contributed by atoms with Gasteiger partial charge in [-0.3, -0.25) is 0 Å². The molecule has 0 saturated carbocycles. The van der Waals surface area contributed by atoms with E-state index in [9.17, 15) is 0 Å². The van der Waals surface area contributed by atoms with E-state index in [0.717, 1.165) is 45.4 Å². The number of nitrogens with zero attached hydrogens (tertiary/aromatic N) is 3. The van der Waals surface area contributed by atoms with Gasteiger partial charge in [0, 0.05) is 22.8 Å². The Balaban J connectivity index is 1.96. The summed E-state index contributed by atoms with van der Waals surface area (Å²) in [5.41, 5.74) is 4.50. The number of hydrogen-bond donors (Lipinski definition) is 0.